The summed E-state index contributed by atoms with van der Waals surface area (Å²) < 4.78 is 0. The summed E-state index contributed by atoms with van der Waals surface area (Å²) in [6.07, 6.45) is 3.71. The number of halogens is 2. The Hall–Kier alpha value is -1.71. The van der Waals surface area contributed by atoms with Crippen LogP contribution in [0.1, 0.15) is 52.7 Å². The molecule has 2 saturated carbocycles. The first-order chi connectivity index (χ1) is 12.5. The molecule has 5 rings (SSSR count). The molecular weight excluding hydrogens is 369 g/mol. The highest BCUT2D eigenvalue weighted by Crippen LogP contribution is 2.64. The lowest BCUT2D eigenvalue weighted by Crippen LogP contribution is -2.35. The van der Waals surface area contributed by atoms with Gasteiger partial charge in [0.2, 0.25) is 0 Å². The van der Waals surface area contributed by atoms with Gasteiger partial charge in [-0.15, -0.1) is 0 Å². The van der Waals surface area contributed by atoms with Crippen LogP contribution in [0.4, 0.5) is 5.69 Å². The van der Waals surface area contributed by atoms with Crippen LogP contribution in [0.25, 0.3) is 0 Å². The van der Waals surface area contributed by atoms with Gasteiger partial charge < -0.3 is 10.4 Å². The van der Waals surface area contributed by atoms with Crippen molar-refractivity contribution in [2.45, 2.75) is 31.2 Å². The molecule has 0 amide bonds. The van der Waals surface area contributed by atoms with Crippen LogP contribution in [-0.4, -0.2) is 11.1 Å². The summed E-state index contributed by atoms with van der Waals surface area (Å²) in [6, 6.07) is 11.4. The Bertz CT molecular complexity index is 913. The number of benzene rings is 2. The molecule has 26 heavy (non-hydrogen) atoms. The van der Waals surface area contributed by atoms with E-state index >= 15 is 0 Å². The minimum Gasteiger partial charge on any atom is -0.478 e. The van der Waals surface area contributed by atoms with Crippen molar-refractivity contribution in [2.75, 3.05) is 5.32 Å². The van der Waals surface area contributed by atoms with Crippen molar-refractivity contribution in [3.05, 3.63) is 63.1 Å². The Labute approximate surface area is 162 Å². The van der Waals surface area contributed by atoms with Gasteiger partial charge in [0.1, 0.15) is 0 Å². The molecule has 5 heteroatoms. The Morgan fingerprint density at radius 2 is 1.88 bits per heavy atom. The van der Waals surface area contributed by atoms with Crippen LogP contribution in [0.5, 0.6) is 0 Å². The number of rotatable bonds is 2. The Balaban J connectivity index is 1.66. The molecule has 3 nitrogen and oxygen atoms in total. The van der Waals surface area contributed by atoms with E-state index in [1.165, 1.54) is 19.3 Å². The third kappa shape index (κ3) is 2.30. The molecule has 1 heterocycles. The average Bonchev–Trinajstić information content (AvgIpc) is 3.25. The minimum atomic E-state index is -0.868. The quantitative estimate of drug-likeness (QED) is 0.665. The highest BCUT2D eigenvalue weighted by Gasteiger charge is 2.54. The molecule has 2 fully saturated rings. The number of hydrogen-bond acceptors (Lipinski definition) is 2. The maximum Gasteiger partial charge on any atom is 0.335 e. The summed E-state index contributed by atoms with van der Waals surface area (Å²) in [5.41, 5.74) is 3.61. The molecule has 2 bridgehead atoms. The highest BCUT2D eigenvalue weighted by molar-refractivity contribution is 6.42. The predicted molar refractivity (Wildman–Crippen MR) is 103 cm³/mol. The van der Waals surface area contributed by atoms with Gasteiger partial charge in [0, 0.05) is 5.69 Å². The first kappa shape index (κ1) is 16.5. The number of carboxylic acids is 1. The number of aromatic carboxylic acids is 1. The average molecular weight is 388 g/mol. The van der Waals surface area contributed by atoms with Gasteiger partial charge >= 0.3 is 5.97 Å². The lowest BCUT2D eigenvalue weighted by atomic mass is 9.68. The smallest absolute Gasteiger partial charge is 0.335 e. The van der Waals surface area contributed by atoms with E-state index in [2.05, 4.69) is 11.4 Å². The second-order valence-corrected chi connectivity index (χ2v) is 8.59. The second-order valence-electron chi connectivity index (χ2n) is 7.81. The fourth-order valence-corrected chi connectivity index (χ4v) is 6.11. The molecular formula is C21H19Cl2NO2. The fraction of sp³-hybridized carbons (Fsp3) is 0.381. The van der Waals surface area contributed by atoms with Crippen LogP contribution in [0, 0.1) is 17.8 Å². The van der Waals surface area contributed by atoms with Crippen LogP contribution in [0.2, 0.25) is 10.0 Å². The molecule has 3 aliphatic rings. The number of carbonyl (C=O) groups is 1. The Morgan fingerprint density at radius 3 is 2.69 bits per heavy atom. The van der Waals surface area contributed by atoms with Crippen molar-refractivity contribution in [1.82, 2.24) is 0 Å². The number of fused-ring (bicyclic) bond motifs is 7. The molecule has 0 spiro atoms. The van der Waals surface area contributed by atoms with Crippen molar-refractivity contribution < 1.29 is 9.90 Å². The van der Waals surface area contributed by atoms with Crippen molar-refractivity contribution in [2.24, 2.45) is 17.8 Å². The van der Waals surface area contributed by atoms with Crippen molar-refractivity contribution in [3.63, 3.8) is 0 Å². The monoisotopic (exact) mass is 387 g/mol. The SMILES string of the molecule is O=C(O)c1ccc2c(c1)[C@@H]1[C@H]3CC[C@@H](C3)[C@@H]1[C@H](c1cccc(Cl)c1Cl)N2. The van der Waals surface area contributed by atoms with E-state index in [1.807, 2.05) is 24.3 Å². The molecule has 0 saturated heterocycles. The lowest BCUT2D eigenvalue weighted by molar-refractivity contribution is 0.0696. The van der Waals surface area contributed by atoms with E-state index in [0.29, 0.717) is 39.3 Å². The molecule has 134 valence electrons. The molecule has 2 N–H and O–H groups in total. The summed E-state index contributed by atoms with van der Waals surface area (Å²) in [5.74, 6) is 1.24. The minimum absolute atomic E-state index is 0.115. The summed E-state index contributed by atoms with van der Waals surface area (Å²) in [7, 11) is 0. The maximum absolute atomic E-state index is 11.5. The Kier molecular flexibility index (Phi) is 3.74. The highest BCUT2D eigenvalue weighted by atomic mass is 35.5. The normalized spacial score (nSPS) is 31.2. The summed E-state index contributed by atoms with van der Waals surface area (Å²) in [4.78, 5) is 11.5. The van der Waals surface area contributed by atoms with E-state index < -0.39 is 5.97 Å². The van der Waals surface area contributed by atoms with Gasteiger partial charge in [-0.05, 0) is 78.3 Å². The molecule has 0 unspecified atom stereocenters. The Morgan fingerprint density at radius 1 is 1.08 bits per heavy atom. The fourth-order valence-electron chi connectivity index (χ4n) is 5.69. The van der Waals surface area contributed by atoms with Gasteiger partial charge in [0.05, 0.1) is 21.7 Å². The number of anilines is 1. The van der Waals surface area contributed by atoms with E-state index in [-0.39, 0.29) is 6.04 Å². The van der Waals surface area contributed by atoms with E-state index in [1.54, 1.807) is 6.07 Å². The molecule has 2 aromatic rings. The summed E-state index contributed by atoms with van der Waals surface area (Å²) >= 11 is 12.8. The molecule has 2 aliphatic carbocycles. The molecule has 1 aliphatic heterocycles. The van der Waals surface area contributed by atoms with Crippen LogP contribution in [0.3, 0.4) is 0 Å². The summed E-state index contributed by atoms with van der Waals surface area (Å²) in [6.45, 7) is 0. The molecule has 2 aromatic carbocycles. The number of hydrogen-bond donors (Lipinski definition) is 2. The van der Waals surface area contributed by atoms with E-state index in [0.717, 1.165) is 16.8 Å². The summed E-state index contributed by atoms with van der Waals surface area (Å²) in [5, 5.41) is 14.3. The molecule has 0 radical (unpaired) electrons. The standard InChI is InChI=1S/C21H19Cl2NO2/c22-15-3-1-2-13(19(15)23)20-18-11-5-4-10(8-11)17(18)14-9-12(21(25)26)6-7-16(14)24-20/h1-3,6-7,9-11,17-18,20,24H,4-5,8H2,(H,25,26)/t10-,11-,17-,18-,20-/m0/s1. The van der Waals surface area contributed by atoms with Gasteiger partial charge in [0.15, 0.2) is 0 Å². The lowest BCUT2D eigenvalue weighted by Gasteiger charge is -2.44. The molecule has 0 aromatic heterocycles. The third-order valence-corrected chi connectivity index (χ3v) is 7.48. The van der Waals surface area contributed by atoms with Crippen LogP contribution in [0.15, 0.2) is 36.4 Å². The van der Waals surface area contributed by atoms with Crippen molar-refractivity contribution in [1.29, 1.82) is 0 Å². The largest absolute Gasteiger partial charge is 0.478 e. The second kappa shape index (κ2) is 5.90. The zero-order chi connectivity index (χ0) is 18.0. The zero-order valence-corrected chi connectivity index (χ0v) is 15.6. The van der Waals surface area contributed by atoms with Crippen LogP contribution < -0.4 is 5.32 Å². The zero-order valence-electron chi connectivity index (χ0n) is 14.1. The van der Waals surface area contributed by atoms with Gasteiger partial charge in [0.25, 0.3) is 0 Å². The van der Waals surface area contributed by atoms with Crippen LogP contribution >= 0.6 is 23.2 Å². The van der Waals surface area contributed by atoms with Crippen LogP contribution in [-0.2, 0) is 0 Å². The van der Waals surface area contributed by atoms with Gasteiger partial charge in [-0.2, -0.15) is 0 Å². The van der Waals surface area contributed by atoms with E-state index in [9.17, 15) is 9.90 Å². The van der Waals surface area contributed by atoms with Crippen molar-refractivity contribution >= 4 is 34.9 Å². The van der Waals surface area contributed by atoms with Gasteiger partial charge in [-0.1, -0.05) is 35.3 Å². The van der Waals surface area contributed by atoms with Crippen molar-refractivity contribution in [3.8, 4) is 0 Å². The van der Waals surface area contributed by atoms with Gasteiger partial charge in [-0.25, -0.2) is 4.79 Å². The number of carboxylic acid groups (broad SMARTS) is 1. The van der Waals surface area contributed by atoms with E-state index in [4.69, 9.17) is 23.2 Å². The first-order valence-electron chi connectivity index (χ1n) is 9.12. The molecule has 5 atom stereocenters. The maximum atomic E-state index is 11.5. The predicted octanol–water partition coefficient (Wildman–Crippen LogP) is 5.99. The van der Waals surface area contributed by atoms with Gasteiger partial charge in [-0.3, -0.25) is 0 Å². The topological polar surface area (TPSA) is 49.3 Å². The first-order valence-corrected chi connectivity index (χ1v) is 9.88. The third-order valence-electron chi connectivity index (χ3n) is 6.65. The number of nitrogens with one attached hydrogen (secondary N) is 1.